The molecule has 2 heterocycles. The van der Waals surface area contributed by atoms with Gasteiger partial charge in [-0.2, -0.15) is 0 Å². The van der Waals surface area contributed by atoms with Crippen molar-refractivity contribution in [3.05, 3.63) is 40.6 Å². The summed E-state index contributed by atoms with van der Waals surface area (Å²) in [6.07, 6.45) is 1.61. The van der Waals surface area contributed by atoms with E-state index < -0.39 is 0 Å². The minimum Gasteiger partial charge on any atom is -0.459 e. The van der Waals surface area contributed by atoms with Crippen molar-refractivity contribution < 1.29 is 8.83 Å². The third-order valence-corrected chi connectivity index (χ3v) is 3.45. The molecule has 0 aliphatic heterocycles. The van der Waals surface area contributed by atoms with Crippen LogP contribution in [0.2, 0.25) is 0 Å². The van der Waals surface area contributed by atoms with Gasteiger partial charge in [-0.25, -0.2) is 4.98 Å². The fourth-order valence-corrected chi connectivity index (χ4v) is 2.40. The van der Waals surface area contributed by atoms with Crippen LogP contribution in [0.25, 0.3) is 22.8 Å². The van der Waals surface area contributed by atoms with E-state index in [2.05, 4.69) is 46.9 Å². The third-order valence-electron chi connectivity index (χ3n) is 2.87. The zero-order valence-corrected chi connectivity index (χ0v) is 11.7. The smallest absolute Gasteiger partial charge is 0.263 e. The van der Waals surface area contributed by atoms with Crippen LogP contribution in [0, 0.1) is 0 Å². The summed E-state index contributed by atoms with van der Waals surface area (Å²) < 4.78 is 11.9. The molecule has 1 aromatic carbocycles. The van der Waals surface area contributed by atoms with Crippen molar-refractivity contribution in [1.29, 1.82) is 0 Å². The first-order chi connectivity index (χ1) is 8.65. The number of halogens is 1. The summed E-state index contributed by atoms with van der Waals surface area (Å²) in [7, 11) is 0. The highest BCUT2D eigenvalue weighted by Gasteiger charge is 2.14. The molecule has 4 heteroatoms. The molecule has 0 bridgehead atoms. The zero-order valence-electron chi connectivity index (χ0n) is 10.1. The van der Waals surface area contributed by atoms with Gasteiger partial charge in [0.1, 0.15) is 5.52 Å². The predicted octanol–water partition coefficient (Wildman–Crippen LogP) is 4.97. The zero-order chi connectivity index (χ0) is 12.7. The van der Waals surface area contributed by atoms with Crippen LogP contribution in [0.3, 0.4) is 0 Å². The quantitative estimate of drug-likeness (QED) is 0.670. The molecule has 92 valence electrons. The number of fused-ring (bicyclic) bond motifs is 1. The van der Waals surface area contributed by atoms with Crippen LogP contribution in [-0.4, -0.2) is 4.98 Å². The lowest BCUT2D eigenvalue weighted by Crippen LogP contribution is -1.87. The average Bonchev–Trinajstić information content (AvgIpc) is 2.96. The van der Waals surface area contributed by atoms with Gasteiger partial charge < -0.3 is 8.83 Å². The van der Waals surface area contributed by atoms with Gasteiger partial charge >= 0.3 is 0 Å². The first-order valence-electron chi connectivity index (χ1n) is 5.79. The maximum absolute atomic E-state index is 5.73. The molecule has 0 saturated heterocycles. The number of hydrogen-bond acceptors (Lipinski definition) is 3. The summed E-state index contributed by atoms with van der Waals surface area (Å²) in [5.41, 5.74) is 2.83. The number of oxazole rings is 1. The van der Waals surface area contributed by atoms with Gasteiger partial charge in [-0.1, -0.05) is 13.8 Å². The minimum atomic E-state index is 0.453. The fourth-order valence-electron chi connectivity index (χ4n) is 1.85. The maximum Gasteiger partial charge on any atom is 0.263 e. The number of benzene rings is 1. The highest BCUT2D eigenvalue weighted by molar-refractivity contribution is 9.10. The molecular weight excluding hydrogens is 294 g/mol. The highest BCUT2D eigenvalue weighted by Crippen LogP contribution is 2.32. The Balaban J connectivity index is 2.20. The molecule has 0 N–H and O–H groups in total. The Kier molecular flexibility index (Phi) is 2.74. The Morgan fingerprint density at radius 1 is 1.28 bits per heavy atom. The topological polar surface area (TPSA) is 39.2 Å². The summed E-state index contributed by atoms with van der Waals surface area (Å²) in [5, 5.41) is 0. The molecule has 0 spiro atoms. The second kappa shape index (κ2) is 4.28. The standard InChI is InChI=1S/C14H12BrNO2/c1-8(2)9-6-10(15)13-11(7-9)16-14(18-13)12-4-3-5-17-12/h3-8H,1-2H3. The van der Waals surface area contributed by atoms with Crippen molar-refractivity contribution in [2.45, 2.75) is 19.8 Å². The van der Waals surface area contributed by atoms with Crippen molar-refractivity contribution in [2.24, 2.45) is 0 Å². The first-order valence-corrected chi connectivity index (χ1v) is 6.58. The number of hydrogen-bond donors (Lipinski definition) is 0. The van der Waals surface area contributed by atoms with E-state index in [4.69, 9.17) is 8.83 Å². The Hall–Kier alpha value is -1.55. The van der Waals surface area contributed by atoms with E-state index in [1.807, 2.05) is 12.1 Å². The van der Waals surface area contributed by atoms with Gasteiger partial charge in [0.2, 0.25) is 0 Å². The molecule has 0 radical (unpaired) electrons. The van der Waals surface area contributed by atoms with Crippen molar-refractivity contribution in [3.8, 4) is 11.7 Å². The number of nitrogens with zero attached hydrogens (tertiary/aromatic N) is 1. The van der Waals surface area contributed by atoms with Gasteiger partial charge in [-0.3, -0.25) is 0 Å². The van der Waals surface area contributed by atoms with Crippen LogP contribution in [-0.2, 0) is 0 Å². The second-order valence-corrected chi connectivity index (χ2v) is 5.36. The van der Waals surface area contributed by atoms with Crippen LogP contribution in [0.1, 0.15) is 25.3 Å². The van der Waals surface area contributed by atoms with E-state index in [0.29, 0.717) is 17.6 Å². The van der Waals surface area contributed by atoms with Gasteiger partial charge in [-0.05, 0) is 51.7 Å². The lowest BCUT2D eigenvalue weighted by atomic mass is 10.0. The van der Waals surface area contributed by atoms with Crippen LogP contribution < -0.4 is 0 Å². The van der Waals surface area contributed by atoms with Crippen LogP contribution in [0.15, 0.2) is 43.8 Å². The van der Waals surface area contributed by atoms with E-state index in [-0.39, 0.29) is 0 Å². The van der Waals surface area contributed by atoms with Gasteiger partial charge in [0.25, 0.3) is 5.89 Å². The molecule has 3 aromatic rings. The molecule has 0 aliphatic rings. The van der Waals surface area contributed by atoms with E-state index in [1.165, 1.54) is 5.56 Å². The summed E-state index contributed by atoms with van der Waals surface area (Å²) >= 11 is 3.53. The average molecular weight is 306 g/mol. The van der Waals surface area contributed by atoms with Gasteiger partial charge in [0, 0.05) is 0 Å². The summed E-state index contributed by atoms with van der Waals surface area (Å²) in [4.78, 5) is 4.47. The fraction of sp³-hybridized carbons (Fsp3) is 0.214. The maximum atomic E-state index is 5.73. The second-order valence-electron chi connectivity index (χ2n) is 4.50. The largest absolute Gasteiger partial charge is 0.459 e. The number of furan rings is 1. The van der Waals surface area contributed by atoms with Crippen LogP contribution in [0.5, 0.6) is 0 Å². The number of aromatic nitrogens is 1. The molecule has 0 amide bonds. The third kappa shape index (κ3) is 1.86. The van der Waals surface area contributed by atoms with E-state index in [0.717, 1.165) is 15.6 Å². The lowest BCUT2D eigenvalue weighted by molar-refractivity contribution is 0.534. The summed E-state index contributed by atoms with van der Waals surface area (Å²) in [6.45, 7) is 4.31. The van der Waals surface area contributed by atoms with E-state index >= 15 is 0 Å². The predicted molar refractivity (Wildman–Crippen MR) is 73.5 cm³/mol. The SMILES string of the molecule is CC(C)c1cc(Br)c2oc(-c3ccco3)nc2c1. The molecule has 0 unspecified atom stereocenters. The summed E-state index contributed by atoms with van der Waals surface area (Å²) in [5.74, 6) is 1.61. The molecule has 3 nitrogen and oxygen atoms in total. The van der Waals surface area contributed by atoms with Gasteiger partial charge in [0.15, 0.2) is 11.3 Å². The van der Waals surface area contributed by atoms with Crippen LogP contribution in [0.4, 0.5) is 0 Å². The van der Waals surface area contributed by atoms with Crippen molar-refractivity contribution >= 4 is 27.0 Å². The molecule has 0 atom stereocenters. The van der Waals surface area contributed by atoms with Gasteiger partial charge in [0.05, 0.1) is 10.7 Å². The molecule has 2 aromatic heterocycles. The molecule has 0 fully saturated rings. The molecule has 0 aliphatic carbocycles. The minimum absolute atomic E-state index is 0.453. The molecule has 18 heavy (non-hydrogen) atoms. The lowest BCUT2D eigenvalue weighted by Gasteiger charge is -2.04. The van der Waals surface area contributed by atoms with Crippen LogP contribution >= 0.6 is 15.9 Å². The van der Waals surface area contributed by atoms with Crippen molar-refractivity contribution in [3.63, 3.8) is 0 Å². The normalized spacial score (nSPS) is 11.6. The van der Waals surface area contributed by atoms with E-state index in [1.54, 1.807) is 6.26 Å². The molecular formula is C14H12BrNO2. The van der Waals surface area contributed by atoms with E-state index in [9.17, 15) is 0 Å². The van der Waals surface area contributed by atoms with Crippen molar-refractivity contribution in [2.75, 3.05) is 0 Å². The monoisotopic (exact) mass is 305 g/mol. The Morgan fingerprint density at radius 2 is 2.11 bits per heavy atom. The summed E-state index contributed by atoms with van der Waals surface area (Å²) in [6, 6.07) is 7.78. The molecule has 0 saturated carbocycles. The van der Waals surface area contributed by atoms with Crippen molar-refractivity contribution in [1.82, 2.24) is 4.98 Å². The Morgan fingerprint density at radius 3 is 2.78 bits per heavy atom. The Labute approximate surface area is 113 Å². The first kappa shape index (κ1) is 11.5. The number of rotatable bonds is 2. The molecule has 3 rings (SSSR count). The van der Waals surface area contributed by atoms with Gasteiger partial charge in [-0.15, -0.1) is 0 Å². The Bertz CT molecular complexity index is 683. The highest BCUT2D eigenvalue weighted by atomic mass is 79.9.